The molecule has 128 valence electrons. The van der Waals surface area contributed by atoms with Gasteiger partial charge < -0.3 is 19.1 Å². The summed E-state index contributed by atoms with van der Waals surface area (Å²) in [5.74, 6) is 1.53. The van der Waals surface area contributed by atoms with Crippen molar-refractivity contribution in [2.75, 3.05) is 33.4 Å². The van der Waals surface area contributed by atoms with Crippen molar-refractivity contribution < 1.29 is 23.9 Å². The zero-order valence-corrected chi connectivity index (χ0v) is 14.4. The van der Waals surface area contributed by atoms with Gasteiger partial charge in [-0.05, 0) is 44.9 Å². The van der Waals surface area contributed by atoms with Gasteiger partial charge in [0.05, 0.1) is 33.4 Å². The van der Waals surface area contributed by atoms with Crippen LogP contribution >= 0.6 is 0 Å². The molecule has 1 unspecified atom stereocenters. The summed E-state index contributed by atoms with van der Waals surface area (Å²) >= 11 is 0. The standard InChI is InChI=1S/C18H27NO4/c1-4-22-17-11-14(8-9-16(17)21-3)12-19-10-6-7-15(13-19)18(20)23-5-2/h8-9,11,15H,4-7,10,12-13H2,1-3H3/p+1/t15-/m1/s1. The SMILES string of the molecule is CCOC(=O)[C@@H]1CCC[NH+](Cc2ccc(OC)c(OCC)c2)C1. The minimum Gasteiger partial charge on any atom is -0.493 e. The number of benzene rings is 1. The number of carbonyl (C=O) groups excluding carboxylic acids is 1. The van der Waals surface area contributed by atoms with Crippen molar-refractivity contribution in [3.63, 3.8) is 0 Å². The van der Waals surface area contributed by atoms with Gasteiger partial charge in [-0.1, -0.05) is 0 Å². The van der Waals surface area contributed by atoms with Gasteiger partial charge in [0.2, 0.25) is 0 Å². The molecular formula is C18H28NO4+. The second-order valence-electron chi connectivity index (χ2n) is 5.89. The molecule has 0 radical (unpaired) electrons. The molecular weight excluding hydrogens is 294 g/mol. The molecule has 0 aromatic heterocycles. The van der Waals surface area contributed by atoms with E-state index in [9.17, 15) is 4.79 Å². The summed E-state index contributed by atoms with van der Waals surface area (Å²) in [6.07, 6.45) is 2.00. The fourth-order valence-electron chi connectivity index (χ4n) is 3.16. The van der Waals surface area contributed by atoms with Gasteiger partial charge in [-0.3, -0.25) is 4.79 Å². The van der Waals surface area contributed by atoms with E-state index in [4.69, 9.17) is 14.2 Å². The Labute approximate surface area is 138 Å². The molecule has 0 spiro atoms. The number of carbonyl (C=O) groups is 1. The highest BCUT2D eigenvalue weighted by molar-refractivity contribution is 5.72. The molecule has 23 heavy (non-hydrogen) atoms. The minimum absolute atomic E-state index is 0.0308. The Kier molecular flexibility index (Phi) is 6.71. The molecule has 1 N–H and O–H groups in total. The Hall–Kier alpha value is -1.75. The number of rotatable bonds is 7. The quantitative estimate of drug-likeness (QED) is 0.772. The molecule has 5 heteroatoms. The van der Waals surface area contributed by atoms with Gasteiger partial charge in [-0.25, -0.2) is 0 Å². The molecule has 0 aliphatic carbocycles. The van der Waals surface area contributed by atoms with Crippen molar-refractivity contribution in [3.05, 3.63) is 23.8 Å². The summed E-state index contributed by atoms with van der Waals surface area (Å²) in [6, 6.07) is 6.07. The maximum absolute atomic E-state index is 11.9. The van der Waals surface area contributed by atoms with Gasteiger partial charge >= 0.3 is 5.97 Å². The van der Waals surface area contributed by atoms with E-state index in [0.29, 0.717) is 13.2 Å². The number of esters is 1. The number of nitrogens with one attached hydrogen (secondary N) is 1. The van der Waals surface area contributed by atoms with Gasteiger partial charge in [0.15, 0.2) is 11.5 Å². The number of hydrogen-bond donors (Lipinski definition) is 1. The second kappa shape index (κ2) is 8.77. The van der Waals surface area contributed by atoms with Crippen LogP contribution in [-0.4, -0.2) is 39.4 Å². The van der Waals surface area contributed by atoms with E-state index in [2.05, 4.69) is 6.07 Å². The summed E-state index contributed by atoms with van der Waals surface area (Å²) in [6.45, 7) is 7.72. The molecule has 1 aromatic rings. The first-order valence-corrected chi connectivity index (χ1v) is 8.47. The number of methoxy groups -OCH3 is 1. The first-order chi connectivity index (χ1) is 11.2. The number of quaternary nitrogens is 1. The number of hydrogen-bond acceptors (Lipinski definition) is 4. The Bertz CT molecular complexity index is 518. The van der Waals surface area contributed by atoms with Crippen LogP contribution in [-0.2, 0) is 16.1 Å². The lowest BCUT2D eigenvalue weighted by Crippen LogP contribution is -3.12. The van der Waals surface area contributed by atoms with Crippen LogP contribution in [0, 0.1) is 5.92 Å². The number of piperidine rings is 1. The van der Waals surface area contributed by atoms with E-state index < -0.39 is 0 Å². The lowest BCUT2D eigenvalue weighted by Gasteiger charge is -2.28. The van der Waals surface area contributed by atoms with E-state index in [1.54, 1.807) is 7.11 Å². The van der Waals surface area contributed by atoms with Gasteiger partial charge in [0, 0.05) is 5.56 Å². The van der Waals surface area contributed by atoms with E-state index in [0.717, 1.165) is 44.0 Å². The molecule has 0 bridgehead atoms. The Morgan fingerprint density at radius 3 is 2.78 bits per heavy atom. The van der Waals surface area contributed by atoms with E-state index in [-0.39, 0.29) is 11.9 Å². The lowest BCUT2D eigenvalue weighted by atomic mass is 9.97. The molecule has 1 aliphatic rings. The summed E-state index contributed by atoms with van der Waals surface area (Å²) in [4.78, 5) is 13.4. The van der Waals surface area contributed by atoms with Crippen LogP contribution in [0.2, 0.25) is 0 Å². The summed E-state index contributed by atoms with van der Waals surface area (Å²) in [5, 5.41) is 0. The molecule has 0 amide bonds. The maximum Gasteiger partial charge on any atom is 0.314 e. The van der Waals surface area contributed by atoms with Crippen molar-refractivity contribution in [2.24, 2.45) is 5.92 Å². The van der Waals surface area contributed by atoms with E-state index >= 15 is 0 Å². The van der Waals surface area contributed by atoms with Gasteiger partial charge in [-0.15, -0.1) is 0 Å². The van der Waals surface area contributed by atoms with Gasteiger partial charge in [-0.2, -0.15) is 0 Å². The van der Waals surface area contributed by atoms with Crippen molar-refractivity contribution in [1.82, 2.24) is 0 Å². The van der Waals surface area contributed by atoms with Crippen molar-refractivity contribution in [2.45, 2.75) is 33.2 Å². The summed E-state index contributed by atoms with van der Waals surface area (Å²) in [7, 11) is 1.65. The minimum atomic E-state index is -0.0468. The number of ether oxygens (including phenoxy) is 3. The Morgan fingerprint density at radius 1 is 1.26 bits per heavy atom. The van der Waals surface area contributed by atoms with Crippen LogP contribution < -0.4 is 14.4 Å². The van der Waals surface area contributed by atoms with Gasteiger partial charge in [0.25, 0.3) is 0 Å². The highest BCUT2D eigenvalue weighted by Crippen LogP contribution is 2.27. The monoisotopic (exact) mass is 322 g/mol. The Balaban J connectivity index is 2.00. The fraction of sp³-hybridized carbons (Fsp3) is 0.611. The number of likely N-dealkylation sites (tertiary alicyclic amines) is 1. The molecule has 1 saturated heterocycles. The van der Waals surface area contributed by atoms with Gasteiger partial charge in [0.1, 0.15) is 12.5 Å². The van der Waals surface area contributed by atoms with Crippen LogP contribution in [0.1, 0.15) is 32.3 Å². The average molecular weight is 322 g/mol. The van der Waals surface area contributed by atoms with Crippen molar-refractivity contribution in [3.8, 4) is 11.5 Å². The predicted molar refractivity (Wildman–Crippen MR) is 87.9 cm³/mol. The van der Waals surface area contributed by atoms with E-state index in [1.807, 2.05) is 26.0 Å². The highest BCUT2D eigenvalue weighted by atomic mass is 16.5. The average Bonchev–Trinajstić information content (AvgIpc) is 2.56. The van der Waals surface area contributed by atoms with Crippen LogP contribution in [0.4, 0.5) is 0 Å². The summed E-state index contributed by atoms with van der Waals surface area (Å²) < 4.78 is 16.1. The third-order valence-electron chi connectivity index (χ3n) is 4.22. The first-order valence-electron chi connectivity index (χ1n) is 8.47. The first kappa shape index (κ1) is 17.6. The molecule has 1 heterocycles. The molecule has 1 fully saturated rings. The highest BCUT2D eigenvalue weighted by Gasteiger charge is 2.29. The van der Waals surface area contributed by atoms with Crippen LogP contribution in [0.5, 0.6) is 11.5 Å². The topological polar surface area (TPSA) is 49.2 Å². The third-order valence-corrected chi connectivity index (χ3v) is 4.22. The second-order valence-corrected chi connectivity index (χ2v) is 5.89. The largest absolute Gasteiger partial charge is 0.493 e. The molecule has 5 nitrogen and oxygen atoms in total. The Morgan fingerprint density at radius 2 is 2.09 bits per heavy atom. The molecule has 1 aliphatic heterocycles. The molecule has 2 atom stereocenters. The summed E-state index contributed by atoms with van der Waals surface area (Å²) in [5.41, 5.74) is 1.20. The fourth-order valence-corrected chi connectivity index (χ4v) is 3.16. The van der Waals surface area contributed by atoms with Crippen LogP contribution in [0.15, 0.2) is 18.2 Å². The predicted octanol–water partition coefficient (Wildman–Crippen LogP) is 1.45. The third kappa shape index (κ3) is 4.86. The van der Waals surface area contributed by atoms with Crippen LogP contribution in [0.25, 0.3) is 0 Å². The normalized spacial score (nSPS) is 20.8. The molecule has 0 saturated carbocycles. The van der Waals surface area contributed by atoms with E-state index in [1.165, 1.54) is 10.5 Å². The van der Waals surface area contributed by atoms with Crippen molar-refractivity contribution in [1.29, 1.82) is 0 Å². The smallest absolute Gasteiger partial charge is 0.314 e. The lowest BCUT2D eigenvalue weighted by molar-refractivity contribution is -0.921. The molecule has 1 aromatic carbocycles. The zero-order valence-electron chi connectivity index (χ0n) is 14.4. The van der Waals surface area contributed by atoms with Crippen LogP contribution in [0.3, 0.4) is 0 Å². The zero-order chi connectivity index (χ0) is 16.7. The molecule has 2 rings (SSSR count). The maximum atomic E-state index is 11.9. The van der Waals surface area contributed by atoms with Crippen molar-refractivity contribution >= 4 is 5.97 Å².